The van der Waals surface area contributed by atoms with Crippen molar-refractivity contribution in [2.24, 2.45) is 0 Å². The van der Waals surface area contributed by atoms with E-state index >= 15 is 0 Å². The molecule has 106 valence electrons. The summed E-state index contributed by atoms with van der Waals surface area (Å²) in [4.78, 5) is 22.9. The number of benzene rings is 2. The Balaban J connectivity index is 2.72. The highest BCUT2D eigenvalue weighted by Gasteiger charge is 2.19. The van der Waals surface area contributed by atoms with Crippen LogP contribution in [-0.2, 0) is 4.79 Å². The Labute approximate surface area is 121 Å². The number of nitrogens with one attached hydrogen (secondary N) is 1. The molecule has 2 aromatic carbocycles. The van der Waals surface area contributed by atoms with E-state index < -0.39 is 11.9 Å². The van der Waals surface area contributed by atoms with E-state index in [4.69, 9.17) is 0 Å². The number of aromatic carboxylic acids is 1. The van der Waals surface area contributed by atoms with Gasteiger partial charge in [-0.15, -0.1) is 0 Å². The van der Waals surface area contributed by atoms with Crippen LogP contribution in [0.2, 0.25) is 0 Å². The van der Waals surface area contributed by atoms with E-state index in [0.29, 0.717) is 5.56 Å². The maximum Gasteiger partial charge on any atom is 0.337 e. The van der Waals surface area contributed by atoms with Crippen molar-refractivity contribution in [1.82, 2.24) is 0 Å². The Kier molecular flexibility index (Phi) is 4.04. The topological polar surface area (TPSA) is 86.6 Å². The molecule has 0 aromatic heterocycles. The van der Waals surface area contributed by atoms with Gasteiger partial charge >= 0.3 is 5.97 Å². The van der Waals surface area contributed by atoms with Gasteiger partial charge in [0.25, 0.3) is 0 Å². The number of hydrogen-bond acceptors (Lipinski definition) is 3. The second-order valence-corrected chi connectivity index (χ2v) is 4.25. The van der Waals surface area contributed by atoms with Crippen LogP contribution < -0.4 is 5.32 Å². The van der Waals surface area contributed by atoms with Gasteiger partial charge in [-0.1, -0.05) is 36.9 Å². The number of amides is 1. The van der Waals surface area contributed by atoms with Crippen LogP contribution >= 0.6 is 0 Å². The first kappa shape index (κ1) is 14.3. The van der Waals surface area contributed by atoms with Gasteiger partial charge in [-0.05, 0) is 23.8 Å². The van der Waals surface area contributed by atoms with E-state index in [1.165, 1.54) is 12.1 Å². The van der Waals surface area contributed by atoms with Crippen LogP contribution in [0.5, 0.6) is 5.75 Å². The minimum atomic E-state index is -1.20. The fourth-order valence-electron chi connectivity index (χ4n) is 1.97. The van der Waals surface area contributed by atoms with E-state index in [0.717, 1.165) is 6.08 Å². The third-order valence-electron chi connectivity index (χ3n) is 2.91. The molecule has 0 atom stereocenters. The van der Waals surface area contributed by atoms with Crippen LogP contribution in [0.4, 0.5) is 5.69 Å². The molecule has 0 radical (unpaired) electrons. The van der Waals surface area contributed by atoms with E-state index in [2.05, 4.69) is 11.9 Å². The molecule has 0 aliphatic carbocycles. The molecular formula is C16H13NO4. The summed E-state index contributed by atoms with van der Waals surface area (Å²) < 4.78 is 0. The molecule has 0 aliphatic heterocycles. The predicted octanol–water partition coefficient (Wildman–Crippen LogP) is 2.88. The molecule has 0 saturated carbocycles. The Hall–Kier alpha value is -3.08. The monoisotopic (exact) mass is 283 g/mol. The maximum absolute atomic E-state index is 11.5. The Morgan fingerprint density at radius 1 is 1.10 bits per heavy atom. The molecule has 5 heteroatoms. The molecule has 3 N–H and O–H groups in total. The second kappa shape index (κ2) is 5.92. The smallest absolute Gasteiger partial charge is 0.337 e. The molecule has 5 nitrogen and oxygen atoms in total. The van der Waals surface area contributed by atoms with Gasteiger partial charge in [0.1, 0.15) is 5.75 Å². The van der Waals surface area contributed by atoms with Gasteiger partial charge in [-0.2, -0.15) is 0 Å². The van der Waals surface area contributed by atoms with Crippen molar-refractivity contribution in [3.63, 3.8) is 0 Å². The third kappa shape index (κ3) is 2.92. The van der Waals surface area contributed by atoms with Crippen molar-refractivity contribution in [2.75, 3.05) is 5.32 Å². The summed E-state index contributed by atoms with van der Waals surface area (Å²) in [6, 6.07) is 11.2. The van der Waals surface area contributed by atoms with Crippen LogP contribution in [0.25, 0.3) is 11.1 Å². The van der Waals surface area contributed by atoms with E-state index in [1.807, 2.05) is 0 Å². The Bertz CT molecular complexity index is 708. The van der Waals surface area contributed by atoms with Crippen molar-refractivity contribution >= 4 is 17.6 Å². The lowest BCUT2D eigenvalue weighted by atomic mass is 9.98. The average Bonchev–Trinajstić information content (AvgIpc) is 2.48. The molecule has 0 saturated heterocycles. The summed E-state index contributed by atoms with van der Waals surface area (Å²) in [5.41, 5.74) is 0.781. The Morgan fingerprint density at radius 3 is 2.33 bits per heavy atom. The lowest BCUT2D eigenvalue weighted by Crippen LogP contribution is -2.13. The number of carbonyl (C=O) groups excluding carboxylic acids is 1. The van der Waals surface area contributed by atoms with Gasteiger partial charge in [0.15, 0.2) is 0 Å². The summed E-state index contributed by atoms with van der Waals surface area (Å²) >= 11 is 0. The maximum atomic E-state index is 11.5. The van der Waals surface area contributed by atoms with Crippen molar-refractivity contribution < 1.29 is 19.8 Å². The molecule has 1 amide bonds. The van der Waals surface area contributed by atoms with Gasteiger partial charge in [0.05, 0.1) is 11.3 Å². The molecule has 0 unspecified atom stereocenters. The highest BCUT2D eigenvalue weighted by molar-refractivity contribution is 6.09. The minimum absolute atomic E-state index is 0.0404. The van der Waals surface area contributed by atoms with Crippen LogP contribution in [0.1, 0.15) is 10.4 Å². The standard InChI is InChI=1S/C16H13NO4/c1-2-13(19)17-15-11(16(20)21)8-9-12(18)14(15)10-6-4-3-5-7-10/h2-9,18H,1H2,(H,17,19)(H,20,21). The third-order valence-corrected chi connectivity index (χ3v) is 2.91. The van der Waals surface area contributed by atoms with E-state index in [-0.39, 0.29) is 22.6 Å². The van der Waals surface area contributed by atoms with Gasteiger partial charge in [-0.25, -0.2) is 4.79 Å². The van der Waals surface area contributed by atoms with Gasteiger partial charge in [-0.3, -0.25) is 4.79 Å². The molecule has 0 spiro atoms. The molecule has 0 bridgehead atoms. The number of rotatable bonds is 4. The average molecular weight is 283 g/mol. The first-order chi connectivity index (χ1) is 10.0. The fraction of sp³-hybridized carbons (Fsp3) is 0. The highest BCUT2D eigenvalue weighted by Crippen LogP contribution is 2.38. The number of anilines is 1. The largest absolute Gasteiger partial charge is 0.507 e. The highest BCUT2D eigenvalue weighted by atomic mass is 16.4. The number of phenols is 1. The van der Waals surface area contributed by atoms with Crippen molar-refractivity contribution in [3.05, 3.63) is 60.7 Å². The SMILES string of the molecule is C=CC(=O)Nc1c(C(=O)O)ccc(O)c1-c1ccccc1. The molecule has 2 rings (SSSR count). The van der Waals surface area contributed by atoms with Crippen molar-refractivity contribution in [1.29, 1.82) is 0 Å². The van der Waals surface area contributed by atoms with Crippen LogP contribution in [-0.4, -0.2) is 22.1 Å². The summed E-state index contributed by atoms with van der Waals surface area (Å²) in [5, 5.41) is 21.8. The van der Waals surface area contributed by atoms with E-state index in [1.54, 1.807) is 30.3 Å². The molecule has 0 fully saturated rings. The lowest BCUT2D eigenvalue weighted by molar-refractivity contribution is -0.111. The number of aromatic hydroxyl groups is 1. The normalized spacial score (nSPS) is 9.90. The zero-order chi connectivity index (χ0) is 15.4. The zero-order valence-electron chi connectivity index (χ0n) is 11.0. The minimum Gasteiger partial charge on any atom is -0.507 e. The van der Waals surface area contributed by atoms with Crippen LogP contribution in [0.15, 0.2) is 55.1 Å². The Morgan fingerprint density at radius 2 is 1.76 bits per heavy atom. The molecule has 2 aromatic rings. The molecule has 0 heterocycles. The number of carboxylic acid groups (broad SMARTS) is 1. The number of phenolic OH excluding ortho intramolecular Hbond substituents is 1. The van der Waals surface area contributed by atoms with Crippen molar-refractivity contribution in [2.45, 2.75) is 0 Å². The molecule has 0 aliphatic rings. The summed E-state index contributed by atoms with van der Waals surface area (Å²) in [7, 11) is 0. The zero-order valence-corrected chi connectivity index (χ0v) is 11.0. The van der Waals surface area contributed by atoms with Crippen LogP contribution in [0.3, 0.4) is 0 Å². The van der Waals surface area contributed by atoms with Crippen LogP contribution in [0, 0.1) is 0 Å². The first-order valence-electron chi connectivity index (χ1n) is 6.12. The summed E-state index contributed by atoms with van der Waals surface area (Å²) in [5.74, 6) is -1.88. The van der Waals surface area contributed by atoms with Gasteiger partial charge in [0.2, 0.25) is 5.91 Å². The van der Waals surface area contributed by atoms with Gasteiger partial charge in [0, 0.05) is 5.56 Å². The number of carbonyl (C=O) groups is 2. The molecule has 21 heavy (non-hydrogen) atoms. The second-order valence-electron chi connectivity index (χ2n) is 4.25. The first-order valence-corrected chi connectivity index (χ1v) is 6.12. The fourth-order valence-corrected chi connectivity index (χ4v) is 1.97. The predicted molar refractivity (Wildman–Crippen MR) is 79.3 cm³/mol. The number of hydrogen-bond donors (Lipinski definition) is 3. The number of carboxylic acids is 1. The van der Waals surface area contributed by atoms with E-state index in [9.17, 15) is 19.8 Å². The lowest BCUT2D eigenvalue weighted by Gasteiger charge is -2.15. The van der Waals surface area contributed by atoms with Crippen molar-refractivity contribution in [3.8, 4) is 16.9 Å². The quantitative estimate of drug-likeness (QED) is 0.753. The van der Waals surface area contributed by atoms with Gasteiger partial charge < -0.3 is 15.5 Å². The summed E-state index contributed by atoms with van der Waals surface area (Å²) in [6.45, 7) is 3.33. The summed E-state index contributed by atoms with van der Waals surface area (Å²) in [6.07, 6.45) is 1.03. The molecular weight excluding hydrogens is 270 g/mol.